The van der Waals surface area contributed by atoms with Crippen molar-refractivity contribution in [1.82, 2.24) is 5.32 Å². The van der Waals surface area contributed by atoms with Crippen LogP contribution in [-0.4, -0.2) is 24.2 Å². The maximum atomic E-state index is 12.0. The quantitative estimate of drug-likeness (QED) is 0.818. The van der Waals surface area contributed by atoms with Crippen LogP contribution in [-0.2, 0) is 6.54 Å². The van der Waals surface area contributed by atoms with Gasteiger partial charge < -0.3 is 10.4 Å². The van der Waals surface area contributed by atoms with Gasteiger partial charge in [0.1, 0.15) is 6.10 Å². The number of rotatable bonds is 5. The summed E-state index contributed by atoms with van der Waals surface area (Å²) in [7, 11) is 0. The van der Waals surface area contributed by atoms with Crippen molar-refractivity contribution >= 4 is 34.8 Å². The molecular weight excluding hydrogens is 294 g/mol. The van der Waals surface area contributed by atoms with Gasteiger partial charge in [-0.15, -0.1) is 0 Å². The van der Waals surface area contributed by atoms with Gasteiger partial charge in [-0.25, -0.2) is 8.78 Å². The van der Waals surface area contributed by atoms with E-state index in [4.69, 9.17) is 39.9 Å². The van der Waals surface area contributed by atoms with Crippen LogP contribution in [0.25, 0.3) is 0 Å². The van der Waals surface area contributed by atoms with Gasteiger partial charge in [-0.3, -0.25) is 0 Å². The molecule has 0 aliphatic carbocycles. The molecule has 2 N–H and O–H groups in total. The zero-order chi connectivity index (χ0) is 13.0. The molecule has 96 valence electrons. The zero-order valence-corrected chi connectivity index (χ0v) is 10.8. The van der Waals surface area contributed by atoms with Crippen molar-refractivity contribution in [2.75, 3.05) is 6.54 Å². The topological polar surface area (TPSA) is 32.3 Å². The molecule has 0 aliphatic heterocycles. The number of alkyl halides is 2. The Morgan fingerprint density at radius 3 is 2.35 bits per heavy atom. The molecule has 1 aromatic carbocycles. The highest BCUT2D eigenvalue weighted by molar-refractivity contribution is 6.44. The Morgan fingerprint density at radius 2 is 1.76 bits per heavy atom. The molecule has 1 aromatic rings. The summed E-state index contributed by atoms with van der Waals surface area (Å²) in [6.07, 6.45) is -4.50. The van der Waals surface area contributed by atoms with E-state index in [9.17, 15) is 8.78 Å². The Hall–Kier alpha value is -0.130. The minimum Gasteiger partial charge on any atom is -0.386 e. The predicted octanol–water partition coefficient (Wildman–Crippen LogP) is 3.36. The summed E-state index contributed by atoms with van der Waals surface area (Å²) in [5.41, 5.74) is 0.516. The van der Waals surface area contributed by atoms with Gasteiger partial charge in [0.15, 0.2) is 0 Å². The summed E-state index contributed by atoms with van der Waals surface area (Å²) < 4.78 is 24.0. The second-order valence-electron chi connectivity index (χ2n) is 3.35. The molecule has 0 heterocycles. The average Bonchev–Trinajstić information content (AvgIpc) is 2.28. The molecule has 0 aromatic heterocycles. The Kier molecular flexibility index (Phi) is 5.89. The van der Waals surface area contributed by atoms with E-state index in [0.717, 1.165) is 0 Å². The molecule has 0 saturated heterocycles. The lowest BCUT2D eigenvalue weighted by Crippen LogP contribution is -2.31. The van der Waals surface area contributed by atoms with Gasteiger partial charge in [0.2, 0.25) is 0 Å². The number of nitrogens with one attached hydrogen (secondary N) is 1. The number of aliphatic hydroxyl groups excluding tert-OH is 1. The Morgan fingerprint density at radius 1 is 1.18 bits per heavy atom. The number of aliphatic hydroxyl groups is 1. The molecule has 0 radical (unpaired) electrons. The minimum absolute atomic E-state index is 0.155. The van der Waals surface area contributed by atoms with Gasteiger partial charge in [-0.05, 0) is 12.1 Å². The summed E-state index contributed by atoms with van der Waals surface area (Å²) in [6.45, 7) is -0.0984. The molecule has 7 heteroatoms. The highest BCUT2D eigenvalue weighted by Crippen LogP contribution is 2.31. The predicted molar refractivity (Wildman–Crippen MR) is 65.2 cm³/mol. The summed E-state index contributed by atoms with van der Waals surface area (Å²) in [4.78, 5) is 0. The molecule has 0 spiro atoms. The highest BCUT2D eigenvalue weighted by atomic mass is 35.5. The number of hydrogen-bond donors (Lipinski definition) is 2. The molecular formula is C10H10Cl3F2NO. The highest BCUT2D eigenvalue weighted by Gasteiger charge is 2.16. The largest absolute Gasteiger partial charge is 0.386 e. The van der Waals surface area contributed by atoms with Crippen LogP contribution in [0.2, 0.25) is 15.1 Å². The number of halogens is 5. The van der Waals surface area contributed by atoms with Gasteiger partial charge in [0.25, 0.3) is 6.43 Å². The van der Waals surface area contributed by atoms with E-state index >= 15 is 0 Å². The summed E-state index contributed by atoms with van der Waals surface area (Å²) >= 11 is 17.6. The lowest BCUT2D eigenvalue weighted by molar-refractivity contribution is -0.00340. The summed E-state index contributed by atoms with van der Waals surface area (Å²) in [5, 5.41) is 12.5. The molecule has 17 heavy (non-hydrogen) atoms. The van der Waals surface area contributed by atoms with Crippen molar-refractivity contribution in [3.63, 3.8) is 0 Å². The maximum absolute atomic E-state index is 12.0. The molecule has 1 unspecified atom stereocenters. The van der Waals surface area contributed by atoms with Crippen molar-refractivity contribution in [3.8, 4) is 0 Å². The molecule has 0 saturated carbocycles. The normalized spacial score (nSPS) is 13.1. The first-order valence-electron chi connectivity index (χ1n) is 4.72. The van der Waals surface area contributed by atoms with Crippen molar-refractivity contribution in [1.29, 1.82) is 0 Å². The van der Waals surface area contributed by atoms with Gasteiger partial charge in [-0.2, -0.15) is 0 Å². The Balaban J connectivity index is 2.61. The van der Waals surface area contributed by atoms with Crippen LogP contribution in [0.3, 0.4) is 0 Å². The Labute approximate surface area is 112 Å². The average molecular weight is 305 g/mol. The van der Waals surface area contributed by atoms with E-state index in [0.29, 0.717) is 15.6 Å². The van der Waals surface area contributed by atoms with Crippen molar-refractivity contribution in [2.45, 2.75) is 19.1 Å². The summed E-state index contributed by atoms with van der Waals surface area (Å²) in [6, 6.07) is 3.11. The standard InChI is InChI=1S/C10H10Cl3F2NO/c11-6-1-2-7(12)9(13)5(6)3-16-4-8(17)10(14)15/h1-2,8,10,16-17H,3-4H2. The zero-order valence-electron chi connectivity index (χ0n) is 8.56. The molecule has 1 atom stereocenters. The summed E-state index contributed by atoms with van der Waals surface area (Å²) in [5.74, 6) is 0. The first-order chi connectivity index (χ1) is 7.93. The molecule has 1 rings (SSSR count). The SMILES string of the molecule is OC(CNCc1c(Cl)ccc(Cl)c1Cl)C(F)F. The molecule has 0 bridgehead atoms. The van der Waals surface area contributed by atoms with Gasteiger partial charge in [0.05, 0.1) is 10.0 Å². The number of hydrogen-bond acceptors (Lipinski definition) is 2. The lowest BCUT2D eigenvalue weighted by atomic mass is 10.2. The van der Waals surface area contributed by atoms with Crippen molar-refractivity contribution < 1.29 is 13.9 Å². The fraction of sp³-hybridized carbons (Fsp3) is 0.400. The van der Waals surface area contributed by atoms with Crippen molar-refractivity contribution in [3.05, 3.63) is 32.8 Å². The van der Waals surface area contributed by atoms with Crippen LogP contribution in [0.15, 0.2) is 12.1 Å². The number of benzene rings is 1. The van der Waals surface area contributed by atoms with Crippen LogP contribution in [0, 0.1) is 0 Å². The maximum Gasteiger partial charge on any atom is 0.265 e. The second kappa shape index (κ2) is 6.71. The molecule has 2 nitrogen and oxygen atoms in total. The van der Waals surface area contributed by atoms with Crippen LogP contribution in [0.4, 0.5) is 8.78 Å². The van der Waals surface area contributed by atoms with E-state index in [1.54, 1.807) is 12.1 Å². The first-order valence-corrected chi connectivity index (χ1v) is 5.86. The van der Waals surface area contributed by atoms with E-state index < -0.39 is 12.5 Å². The van der Waals surface area contributed by atoms with E-state index in [1.807, 2.05) is 0 Å². The second-order valence-corrected chi connectivity index (χ2v) is 4.55. The molecule has 0 aliphatic rings. The van der Waals surface area contributed by atoms with Gasteiger partial charge >= 0.3 is 0 Å². The third-order valence-electron chi connectivity index (χ3n) is 2.09. The fourth-order valence-electron chi connectivity index (χ4n) is 1.17. The third kappa shape index (κ3) is 4.23. The van der Waals surface area contributed by atoms with Crippen LogP contribution >= 0.6 is 34.8 Å². The fourth-order valence-corrected chi connectivity index (χ4v) is 1.85. The van der Waals surface area contributed by atoms with Crippen LogP contribution in [0.5, 0.6) is 0 Å². The molecule has 0 fully saturated rings. The van der Waals surface area contributed by atoms with Crippen LogP contribution < -0.4 is 5.32 Å². The minimum atomic E-state index is -2.78. The van der Waals surface area contributed by atoms with Crippen molar-refractivity contribution in [2.24, 2.45) is 0 Å². The van der Waals surface area contributed by atoms with Crippen LogP contribution in [0.1, 0.15) is 5.56 Å². The van der Waals surface area contributed by atoms with E-state index in [1.165, 1.54) is 0 Å². The molecule has 0 amide bonds. The van der Waals surface area contributed by atoms with Gasteiger partial charge in [0, 0.05) is 23.7 Å². The first kappa shape index (κ1) is 14.9. The Bertz CT molecular complexity index is 390. The lowest BCUT2D eigenvalue weighted by Gasteiger charge is -2.12. The third-order valence-corrected chi connectivity index (χ3v) is 3.28. The monoisotopic (exact) mass is 303 g/mol. The van der Waals surface area contributed by atoms with E-state index in [2.05, 4.69) is 5.32 Å². The van der Waals surface area contributed by atoms with E-state index in [-0.39, 0.29) is 18.1 Å². The smallest absolute Gasteiger partial charge is 0.265 e. The van der Waals surface area contributed by atoms with Gasteiger partial charge in [-0.1, -0.05) is 34.8 Å².